The fourth-order valence-electron chi connectivity index (χ4n) is 1.32. The molecule has 0 saturated heterocycles. The zero-order valence-electron chi connectivity index (χ0n) is 13.4. The van der Waals surface area contributed by atoms with E-state index < -0.39 is 14.4 Å². The Labute approximate surface area is 120 Å². The highest BCUT2D eigenvalue weighted by atomic mass is 28.4. The molecule has 1 N–H and O–H groups in total. The number of rotatable bonds is 6. The van der Waals surface area contributed by atoms with E-state index in [1.54, 1.807) is 0 Å². The largest absolute Gasteiger partial charge is 0.417 e. The van der Waals surface area contributed by atoms with Crippen molar-refractivity contribution in [3.8, 4) is 11.8 Å². The summed E-state index contributed by atoms with van der Waals surface area (Å²) >= 11 is 0. The summed E-state index contributed by atoms with van der Waals surface area (Å²) in [4.78, 5) is 0. The molecule has 110 valence electrons. The minimum absolute atomic E-state index is 0.252. The van der Waals surface area contributed by atoms with Crippen LogP contribution >= 0.6 is 0 Å². The molecule has 0 aliphatic rings. The molecule has 0 aliphatic heterocycles. The minimum Gasteiger partial charge on any atom is -0.417 e. The zero-order chi connectivity index (χ0) is 15.1. The number of hydrogen-bond acceptors (Lipinski definition) is 2. The lowest BCUT2D eigenvalue weighted by Gasteiger charge is -2.37. The fraction of sp³-hybridized carbons (Fsp3) is 0.750. The Bertz CT molecular complexity index is 331. The molecular weight excluding hydrogens is 252 g/mol. The Morgan fingerprint density at radius 3 is 2.37 bits per heavy atom. The maximum atomic E-state index is 9.63. The van der Waals surface area contributed by atoms with Gasteiger partial charge in [-0.05, 0) is 43.0 Å². The molecule has 0 aromatic heterocycles. The van der Waals surface area contributed by atoms with Gasteiger partial charge in [0.1, 0.15) is 6.10 Å². The highest BCUT2D eigenvalue weighted by molar-refractivity contribution is 6.74. The van der Waals surface area contributed by atoms with Gasteiger partial charge in [-0.15, -0.1) is 0 Å². The highest BCUT2D eigenvalue weighted by Crippen LogP contribution is 2.36. The van der Waals surface area contributed by atoms with E-state index >= 15 is 0 Å². The first-order valence-corrected chi connectivity index (χ1v) is 9.95. The van der Waals surface area contributed by atoms with Crippen LogP contribution in [0.2, 0.25) is 18.1 Å². The Kier molecular flexibility index (Phi) is 7.66. The van der Waals surface area contributed by atoms with Gasteiger partial charge in [-0.3, -0.25) is 0 Å². The van der Waals surface area contributed by atoms with Crippen LogP contribution in [0.5, 0.6) is 0 Å². The van der Waals surface area contributed by atoms with Crippen LogP contribution in [0.15, 0.2) is 12.7 Å². The van der Waals surface area contributed by atoms with Crippen molar-refractivity contribution in [2.24, 2.45) is 5.92 Å². The van der Waals surface area contributed by atoms with E-state index in [0.717, 1.165) is 13.0 Å². The van der Waals surface area contributed by atoms with Crippen molar-refractivity contribution < 1.29 is 9.53 Å². The van der Waals surface area contributed by atoms with Crippen LogP contribution in [0.25, 0.3) is 0 Å². The van der Waals surface area contributed by atoms with Crippen molar-refractivity contribution in [3.05, 3.63) is 12.7 Å². The maximum Gasteiger partial charge on any atom is 0.191 e. The Hall–Kier alpha value is -0.563. The quantitative estimate of drug-likeness (QED) is 0.590. The molecule has 0 rings (SSSR count). The third-order valence-electron chi connectivity index (χ3n) is 3.82. The molecule has 0 radical (unpaired) electrons. The van der Waals surface area contributed by atoms with Gasteiger partial charge >= 0.3 is 0 Å². The van der Waals surface area contributed by atoms with Gasteiger partial charge in [0, 0.05) is 6.61 Å². The Morgan fingerprint density at radius 2 is 1.89 bits per heavy atom. The summed E-state index contributed by atoms with van der Waals surface area (Å²) in [7, 11) is -1.65. The maximum absolute atomic E-state index is 9.63. The van der Waals surface area contributed by atoms with Crippen LogP contribution in [0.1, 0.15) is 40.5 Å². The number of hydrogen-bond donors (Lipinski definition) is 1. The van der Waals surface area contributed by atoms with E-state index in [1.807, 2.05) is 0 Å². The summed E-state index contributed by atoms with van der Waals surface area (Å²) in [6, 6.07) is 0. The predicted molar refractivity (Wildman–Crippen MR) is 85.5 cm³/mol. The average molecular weight is 282 g/mol. The van der Waals surface area contributed by atoms with Gasteiger partial charge in [-0.25, -0.2) is 0 Å². The monoisotopic (exact) mass is 282 g/mol. The van der Waals surface area contributed by atoms with Crippen molar-refractivity contribution in [1.29, 1.82) is 0 Å². The lowest BCUT2D eigenvalue weighted by Crippen LogP contribution is -2.41. The van der Waals surface area contributed by atoms with Gasteiger partial charge in [0.05, 0.1) is 0 Å². The first-order chi connectivity index (χ1) is 8.60. The molecule has 0 bridgehead atoms. The number of aliphatic hydroxyl groups is 1. The standard InChI is InChI=1S/C16H30O2Si/c1-8-9-10-15(17)12-11-14(2)13-18-19(6,7)16(3,4)5/h8,14-15,17H,1,11-13H2,2-7H3/t14-,15?/m1/s1. The van der Waals surface area contributed by atoms with E-state index in [2.05, 4.69) is 59.2 Å². The van der Waals surface area contributed by atoms with E-state index in [4.69, 9.17) is 4.43 Å². The molecular formula is C16H30O2Si. The molecule has 1 unspecified atom stereocenters. The van der Waals surface area contributed by atoms with Crippen molar-refractivity contribution in [1.82, 2.24) is 0 Å². The zero-order valence-corrected chi connectivity index (χ0v) is 14.4. The summed E-state index contributed by atoms with van der Waals surface area (Å²) in [5.41, 5.74) is 0. The Balaban J connectivity index is 4.07. The van der Waals surface area contributed by atoms with Crippen molar-refractivity contribution in [2.45, 2.75) is 64.8 Å². The van der Waals surface area contributed by atoms with E-state index in [9.17, 15) is 5.11 Å². The van der Waals surface area contributed by atoms with Crippen LogP contribution in [-0.4, -0.2) is 26.1 Å². The molecule has 0 saturated carbocycles. The average Bonchev–Trinajstić information content (AvgIpc) is 2.29. The molecule has 0 heterocycles. The summed E-state index contributed by atoms with van der Waals surface area (Å²) in [6.07, 6.45) is 2.59. The van der Waals surface area contributed by atoms with Gasteiger partial charge in [-0.1, -0.05) is 46.1 Å². The molecule has 0 aromatic rings. The smallest absolute Gasteiger partial charge is 0.191 e. The molecule has 0 aromatic carbocycles. The van der Waals surface area contributed by atoms with E-state index in [0.29, 0.717) is 12.3 Å². The first-order valence-electron chi connectivity index (χ1n) is 7.04. The molecule has 3 heteroatoms. The topological polar surface area (TPSA) is 29.5 Å². The van der Waals surface area contributed by atoms with Gasteiger partial charge in [0.15, 0.2) is 8.32 Å². The van der Waals surface area contributed by atoms with Crippen molar-refractivity contribution in [3.63, 3.8) is 0 Å². The molecule has 0 spiro atoms. The first kappa shape index (κ1) is 18.4. The summed E-state index contributed by atoms with van der Waals surface area (Å²) in [5, 5.41) is 9.88. The predicted octanol–water partition coefficient (Wildman–Crippen LogP) is 3.97. The lowest BCUT2D eigenvalue weighted by molar-refractivity contribution is 0.186. The second-order valence-electron chi connectivity index (χ2n) is 6.76. The van der Waals surface area contributed by atoms with Crippen LogP contribution in [-0.2, 0) is 4.43 Å². The van der Waals surface area contributed by atoms with E-state index in [1.165, 1.54) is 6.08 Å². The molecule has 0 amide bonds. The highest BCUT2D eigenvalue weighted by Gasteiger charge is 2.37. The van der Waals surface area contributed by atoms with Gasteiger partial charge in [0.2, 0.25) is 0 Å². The van der Waals surface area contributed by atoms with Crippen LogP contribution in [0.4, 0.5) is 0 Å². The summed E-state index contributed by atoms with van der Waals surface area (Å²) in [6.45, 7) is 17.7. The second kappa shape index (κ2) is 7.89. The minimum atomic E-state index is -1.65. The normalized spacial score (nSPS) is 15.3. The fourth-order valence-corrected chi connectivity index (χ4v) is 2.45. The third kappa shape index (κ3) is 7.56. The number of aliphatic hydroxyl groups excluding tert-OH is 1. The lowest BCUT2D eigenvalue weighted by atomic mass is 10.0. The Morgan fingerprint density at radius 1 is 1.32 bits per heavy atom. The summed E-state index contributed by atoms with van der Waals surface area (Å²) < 4.78 is 6.17. The third-order valence-corrected chi connectivity index (χ3v) is 8.32. The SMILES string of the molecule is C=CC#CC(O)CC[C@@H](C)CO[Si](C)(C)C(C)(C)C. The van der Waals surface area contributed by atoms with Crippen LogP contribution < -0.4 is 0 Å². The molecule has 0 aliphatic carbocycles. The molecule has 2 atom stereocenters. The van der Waals surface area contributed by atoms with Crippen molar-refractivity contribution >= 4 is 8.32 Å². The van der Waals surface area contributed by atoms with E-state index in [-0.39, 0.29) is 5.04 Å². The number of allylic oxidation sites excluding steroid dienone is 1. The van der Waals surface area contributed by atoms with Crippen LogP contribution in [0, 0.1) is 17.8 Å². The van der Waals surface area contributed by atoms with Gasteiger partial charge < -0.3 is 9.53 Å². The van der Waals surface area contributed by atoms with Gasteiger partial charge in [0.25, 0.3) is 0 Å². The second-order valence-corrected chi connectivity index (χ2v) is 11.6. The molecule has 19 heavy (non-hydrogen) atoms. The molecule has 0 fully saturated rings. The van der Waals surface area contributed by atoms with Crippen LogP contribution in [0.3, 0.4) is 0 Å². The van der Waals surface area contributed by atoms with Crippen molar-refractivity contribution in [2.75, 3.05) is 6.61 Å². The van der Waals surface area contributed by atoms with Gasteiger partial charge in [-0.2, -0.15) is 0 Å². The molecule has 2 nitrogen and oxygen atoms in total. The summed E-state index contributed by atoms with van der Waals surface area (Å²) in [5.74, 6) is 5.88.